The number of amides is 1. The number of nitrogens with one attached hydrogen (secondary N) is 1. The molecule has 0 radical (unpaired) electrons. The van der Waals surface area contributed by atoms with Crippen LogP contribution in [0.4, 0.5) is 0 Å². The number of benzene rings is 2. The summed E-state index contributed by atoms with van der Waals surface area (Å²) in [6.45, 7) is 3.92. The molecule has 7 heteroatoms. The first-order valence-corrected chi connectivity index (χ1v) is 9.61. The summed E-state index contributed by atoms with van der Waals surface area (Å²) >= 11 is 0. The summed E-state index contributed by atoms with van der Waals surface area (Å²) in [7, 11) is 1.95. The lowest BCUT2D eigenvalue weighted by molar-refractivity contribution is -0.123. The molecule has 0 fully saturated rings. The van der Waals surface area contributed by atoms with Gasteiger partial charge in [0.25, 0.3) is 5.56 Å². The number of nitrogens with zero attached hydrogens (tertiary/aromatic N) is 4. The average molecular weight is 389 g/mol. The minimum absolute atomic E-state index is 0.121. The van der Waals surface area contributed by atoms with Crippen LogP contribution in [0.15, 0.2) is 59.5 Å². The van der Waals surface area contributed by atoms with Crippen molar-refractivity contribution in [3.8, 4) is 0 Å². The molecular formula is C22H23N5O2. The number of imidazole rings is 1. The maximum Gasteiger partial charge on any atom is 0.275 e. The molecule has 0 saturated carbocycles. The van der Waals surface area contributed by atoms with Crippen molar-refractivity contribution in [1.29, 1.82) is 0 Å². The van der Waals surface area contributed by atoms with Crippen LogP contribution < -0.4 is 10.9 Å². The first-order valence-electron chi connectivity index (χ1n) is 9.61. The standard InChI is InChI=1S/C22H23N5O2/c1-14(2)20(21-24-17-10-6-7-11-18(17)26(21)3)25-19(28)13-27-22(29)16-9-5-4-8-15(16)12-23-27/h4-12,14,20H,13H2,1-3H3,(H,25,28)/t20-/m1/s1. The van der Waals surface area contributed by atoms with Crippen LogP contribution in [0.3, 0.4) is 0 Å². The van der Waals surface area contributed by atoms with Crippen LogP contribution in [-0.2, 0) is 18.4 Å². The van der Waals surface area contributed by atoms with Crippen molar-refractivity contribution in [1.82, 2.24) is 24.6 Å². The monoisotopic (exact) mass is 389 g/mol. The second-order valence-corrected chi connectivity index (χ2v) is 7.50. The van der Waals surface area contributed by atoms with Crippen molar-refractivity contribution in [3.63, 3.8) is 0 Å². The highest BCUT2D eigenvalue weighted by atomic mass is 16.2. The largest absolute Gasteiger partial charge is 0.344 e. The molecule has 2 aromatic heterocycles. The van der Waals surface area contributed by atoms with Gasteiger partial charge in [0, 0.05) is 12.4 Å². The fourth-order valence-corrected chi connectivity index (χ4v) is 3.57. The van der Waals surface area contributed by atoms with Gasteiger partial charge in [-0.1, -0.05) is 44.2 Å². The zero-order chi connectivity index (χ0) is 20.5. The van der Waals surface area contributed by atoms with E-state index >= 15 is 0 Å². The van der Waals surface area contributed by atoms with Gasteiger partial charge in [0.15, 0.2) is 0 Å². The first-order chi connectivity index (χ1) is 14.0. The van der Waals surface area contributed by atoms with E-state index in [2.05, 4.69) is 10.4 Å². The number of carbonyl (C=O) groups excluding carboxylic acids is 1. The number of carbonyl (C=O) groups is 1. The Balaban J connectivity index is 1.61. The summed E-state index contributed by atoms with van der Waals surface area (Å²) in [4.78, 5) is 30.1. The van der Waals surface area contributed by atoms with Gasteiger partial charge >= 0.3 is 0 Å². The number of aryl methyl sites for hydroxylation is 1. The van der Waals surface area contributed by atoms with Crippen LogP contribution >= 0.6 is 0 Å². The van der Waals surface area contributed by atoms with Crippen molar-refractivity contribution in [2.24, 2.45) is 13.0 Å². The van der Waals surface area contributed by atoms with E-state index in [9.17, 15) is 9.59 Å². The quantitative estimate of drug-likeness (QED) is 0.569. The Kier molecular flexibility index (Phi) is 4.88. The average Bonchev–Trinajstić information content (AvgIpc) is 3.05. The molecule has 2 heterocycles. The van der Waals surface area contributed by atoms with E-state index in [1.54, 1.807) is 18.3 Å². The fourth-order valence-electron chi connectivity index (χ4n) is 3.57. The lowest BCUT2D eigenvalue weighted by Gasteiger charge is -2.22. The Morgan fingerprint density at radius 1 is 1.10 bits per heavy atom. The maximum atomic E-state index is 12.8. The highest BCUT2D eigenvalue weighted by Crippen LogP contribution is 2.24. The third-order valence-corrected chi connectivity index (χ3v) is 5.14. The van der Waals surface area contributed by atoms with Crippen molar-refractivity contribution < 1.29 is 4.79 Å². The van der Waals surface area contributed by atoms with Crippen LogP contribution in [0, 0.1) is 5.92 Å². The molecule has 0 spiro atoms. The minimum atomic E-state index is -0.281. The highest BCUT2D eigenvalue weighted by Gasteiger charge is 2.24. The smallest absolute Gasteiger partial charge is 0.275 e. The maximum absolute atomic E-state index is 12.8. The van der Waals surface area contributed by atoms with Crippen molar-refractivity contribution in [3.05, 3.63) is 70.9 Å². The third kappa shape index (κ3) is 3.51. The summed E-state index contributed by atoms with van der Waals surface area (Å²) in [5.74, 6) is 0.629. The molecule has 29 heavy (non-hydrogen) atoms. The predicted molar refractivity (Wildman–Crippen MR) is 112 cm³/mol. The molecule has 0 aliphatic carbocycles. The molecule has 0 bridgehead atoms. The van der Waals surface area contributed by atoms with Gasteiger partial charge in [-0.05, 0) is 24.1 Å². The third-order valence-electron chi connectivity index (χ3n) is 5.14. The minimum Gasteiger partial charge on any atom is -0.344 e. The zero-order valence-electron chi connectivity index (χ0n) is 16.7. The molecule has 0 aliphatic heterocycles. The van der Waals surface area contributed by atoms with Crippen LogP contribution in [0.25, 0.3) is 21.8 Å². The first kappa shape index (κ1) is 18.9. The van der Waals surface area contributed by atoms with Gasteiger partial charge in [0.1, 0.15) is 12.4 Å². The van der Waals surface area contributed by atoms with Crippen LogP contribution in [0.2, 0.25) is 0 Å². The van der Waals surface area contributed by atoms with Gasteiger partial charge in [0.05, 0.1) is 28.7 Å². The van der Waals surface area contributed by atoms with Crippen molar-refractivity contribution in [2.75, 3.05) is 0 Å². The molecule has 4 aromatic rings. The van der Waals surface area contributed by atoms with E-state index in [0.717, 1.165) is 22.2 Å². The van der Waals surface area contributed by atoms with Gasteiger partial charge in [-0.15, -0.1) is 0 Å². The topological polar surface area (TPSA) is 81.8 Å². The molecule has 148 valence electrons. The number of hydrogen-bond donors (Lipinski definition) is 1. The second-order valence-electron chi connectivity index (χ2n) is 7.50. The highest BCUT2D eigenvalue weighted by molar-refractivity contribution is 5.81. The van der Waals surface area contributed by atoms with Gasteiger partial charge in [-0.25, -0.2) is 9.67 Å². The van der Waals surface area contributed by atoms with Crippen LogP contribution in [0.5, 0.6) is 0 Å². The molecule has 1 atom stereocenters. The normalized spacial score (nSPS) is 12.6. The van der Waals surface area contributed by atoms with E-state index in [1.165, 1.54) is 4.68 Å². The Bertz CT molecular complexity index is 1260. The summed E-state index contributed by atoms with van der Waals surface area (Å²) in [6.07, 6.45) is 1.61. The molecule has 0 aliphatic rings. The number of hydrogen-bond acceptors (Lipinski definition) is 4. The zero-order valence-corrected chi connectivity index (χ0v) is 16.7. The van der Waals surface area contributed by atoms with E-state index in [4.69, 9.17) is 4.98 Å². The number of para-hydroxylation sites is 2. The Labute approximate surface area is 168 Å². The van der Waals surface area contributed by atoms with E-state index in [1.807, 2.05) is 61.9 Å². The molecule has 1 amide bonds. The van der Waals surface area contributed by atoms with Gasteiger partial charge in [-0.2, -0.15) is 5.10 Å². The van der Waals surface area contributed by atoms with Gasteiger partial charge < -0.3 is 9.88 Å². The molecule has 1 N–H and O–H groups in total. The number of rotatable bonds is 5. The summed E-state index contributed by atoms with van der Waals surface area (Å²) in [5.41, 5.74) is 1.62. The Hall–Kier alpha value is -3.48. The molecule has 4 rings (SSSR count). The van der Waals surface area contributed by atoms with Crippen molar-refractivity contribution in [2.45, 2.75) is 26.4 Å². The second kappa shape index (κ2) is 7.50. The summed E-state index contributed by atoms with van der Waals surface area (Å²) in [5, 5.41) is 8.49. The fraction of sp³-hybridized carbons (Fsp3) is 0.273. The molecule has 2 aromatic carbocycles. The molecule has 0 unspecified atom stereocenters. The van der Waals surface area contributed by atoms with Crippen LogP contribution in [0.1, 0.15) is 25.7 Å². The lowest BCUT2D eigenvalue weighted by atomic mass is 10.0. The van der Waals surface area contributed by atoms with Crippen molar-refractivity contribution >= 4 is 27.7 Å². The summed E-state index contributed by atoms with van der Waals surface area (Å²) < 4.78 is 3.20. The molecule has 7 nitrogen and oxygen atoms in total. The predicted octanol–water partition coefficient (Wildman–Crippen LogP) is 2.80. The molecule has 0 saturated heterocycles. The number of aromatic nitrogens is 4. The Morgan fingerprint density at radius 3 is 2.59 bits per heavy atom. The van der Waals surface area contributed by atoms with Gasteiger partial charge in [-0.3, -0.25) is 9.59 Å². The summed E-state index contributed by atoms with van der Waals surface area (Å²) in [6, 6.07) is 14.8. The van der Waals surface area contributed by atoms with Gasteiger partial charge in [0.2, 0.25) is 5.91 Å². The number of fused-ring (bicyclic) bond motifs is 2. The molecular weight excluding hydrogens is 366 g/mol. The van der Waals surface area contributed by atoms with E-state index in [0.29, 0.717) is 5.39 Å². The SMILES string of the molecule is CC(C)[C@@H](NC(=O)Cn1ncc2ccccc2c1=O)c1nc2ccccc2n1C. The van der Waals surface area contributed by atoms with E-state index < -0.39 is 0 Å². The lowest BCUT2D eigenvalue weighted by Crippen LogP contribution is -2.38. The van der Waals surface area contributed by atoms with Crippen LogP contribution in [-0.4, -0.2) is 25.2 Å². The Morgan fingerprint density at radius 2 is 1.83 bits per heavy atom. The van der Waals surface area contributed by atoms with E-state index in [-0.39, 0.29) is 30.0 Å².